The van der Waals surface area contributed by atoms with Gasteiger partial charge in [-0.05, 0) is 25.2 Å². The van der Waals surface area contributed by atoms with Gasteiger partial charge in [-0.15, -0.1) is 0 Å². The number of ether oxygens (including phenoxy) is 1. The molecule has 0 aromatic carbocycles. The maximum absolute atomic E-state index is 11.8. The molecule has 5 unspecified atom stereocenters. The largest absolute Gasteiger partial charge is 0.458 e. The van der Waals surface area contributed by atoms with Crippen LogP contribution in [-0.4, -0.2) is 29.1 Å². The van der Waals surface area contributed by atoms with Crippen LogP contribution in [0.3, 0.4) is 0 Å². The number of carbonyl (C=O) groups excluding carboxylic acids is 2. The molecule has 1 saturated heterocycles. The first-order chi connectivity index (χ1) is 8.09. The molecule has 17 heavy (non-hydrogen) atoms. The van der Waals surface area contributed by atoms with E-state index in [1.165, 1.54) is 0 Å². The van der Waals surface area contributed by atoms with Gasteiger partial charge in [0.2, 0.25) is 0 Å². The number of fused-ring (bicyclic) bond motifs is 2. The van der Waals surface area contributed by atoms with Gasteiger partial charge in [0.15, 0.2) is 0 Å². The summed E-state index contributed by atoms with van der Waals surface area (Å²) in [6.07, 6.45) is 1.95. The van der Waals surface area contributed by atoms with E-state index in [1.54, 1.807) is 0 Å². The Morgan fingerprint density at radius 1 is 1.18 bits per heavy atom. The van der Waals surface area contributed by atoms with Crippen LogP contribution < -0.4 is 0 Å². The first-order valence-corrected chi connectivity index (χ1v) is 6.20. The summed E-state index contributed by atoms with van der Waals surface area (Å²) >= 11 is 0. The van der Waals surface area contributed by atoms with Crippen molar-refractivity contribution in [2.75, 3.05) is 0 Å². The van der Waals surface area contributed by atoms with Gasteiger partial charge in [0.05, 0.1) is 12.0 Å². The van der Waals surface area contributed by atoms with Crippen molar-refractivity contribution in [1.82, 2.24) is 0 Å². The van der Waals surface area contributed by atoms with E-state index in [0.717, 1.165) is 19.3 Å². The third kappa shape index (κ3) is 1.47. The molecule has 0 bridgehead atoms. The van der Waals surface area contributed by atoms with E-state index in [4.69, 9.17) is 4.74 Å². The van der Waals surface area contributed by atoms with Gasteiger partial charge in [-0.25, -0.2) is 4.79 Å². The average molecular weight is 236 g/mol. The van der Waals surface area contributed by atoms with Crippen molar-refractivity contribution >= 4 is 11.8 Å². The number of aliphatic hydroxyl groups is 1. The third-order valence-corrected chi connectivity index (χ3v) is 4.52. The van der Waals surface area contributed by atoms with Crippen molar-refractivity contribution < 1.29 is 19.4 Å². The van der Waals surface area contributed by atoms with Crippen LogP contribution in [0.15, 0.2) is 12.2 Å². The smallest absolute Gasteiger partial charge is 0.334 e. The summed E-state index contributed by atoms with van der Waals surface area (Å²) in [4.78, 5) is 23.3. The van der Waals surface area contributed by atoms with Crippen LogP contribution in [-0.2, 0) is 14.3 Å². The minimum Gasteiger partial charge on any atom is -0.458 e. The molecule has 4 nitrogen and oxygen atoms in total. The average Bonchev–Trinajstić information content (AvgIpc) is 2.73. The monoisotopic (exact) mass is 236 g/mol. The van der Waals surface area contributed by atoms with Crippen molar-refractivity contribution in [2.45, 2.75) is 37.9 Å². The zero-order chi connectivity index (χ0) is 12.2. The molecular formula is C13H16O4. The van der Waals surface area contributed by atoms with Gasteiger partial charge in [0, 0.05) is 17.9 Å². The molecule has 2 aliphatic carbocycles. The van der Waals surface area contributed by atoms with Gasteiger partial charge in [-0.1, -0.05) is 6.58 Å². The summed E-state index contributed by atoms with van der Waals surface area (Å²) in [7, 11) is 0. The Hall–Kier alpha value is -1.16. The number of carbonyl (C=O) groups is 2. The second kappa shape index (κ2) is 3.67. The molecule has 0 spiro atoms. The third-order valence-electron chi connectivity index (χ3n) is 4.52. The van der Waals surface area contributed by atoms with Crippen LogP contribution in [0.4, 0.5) is 0 Å². The lowest BCUT2D eigenvalue weighted by atomic mass is 9.82. The highest BCUT2D eigenvalue weighted by Crippen LogP contribution is 2.46. The van der Waals surface area contributed by atoms with Crippen molar-refractivity contribution in [3.8, 4) is 0 Å². The molecule has 3 rings (SSSR count). The zero-order valence-electron chi connectivity index (χ0n) is 9.59. The summed E-state index contributed by atoms with van der Waals surface area (Å²) < 4.78 is 5.22. The fourth-order valence-electron chi connectivity index (χ4n) is 3.64. The van der Waals surface area contributed by atoms with E-state index < -0.39 is 12.1 Å². The van der Waals surface area contributed by atoms with Crippen LogP contribution in [0.1, 0.15) is 25.7 Å². The Bertz CT molecular complexity index is 400. The molecule has 0 amide bonds. The van der Waals surface area contributed by atoms with Gasteiger partial charge in [0.25, 0.3) is 0 Å². The Morgan fingerprint density at radius 3 is 2.71 bits per heavy atom. The minimum absolute atomic E-state index is 0.135. The van der Waals surface area contributed by atoms with Gasteiger partial charge in [0.1, 0.15) is 11.9 Å². The number of aliphatic hydroxyl groups excluding tert-OH is 1. The SMILES string of the molecule is C=C1C(=O)OC2CCC3CCC(=O)C3C(O)C12. The molecule has 0 aromatic heterocycles. The zero-order valence-corrected chi connectivity index (χ0v) is 9.59. The Kier molecular flexibility index (Phi) is 2.36. The summed E-state index contributed by atoms with van der Waals surface area (Å²) in [5.41, 5.74) is 0.336. The molecule has 1 heterocycles. The molecule has 3 fully saturated rings. The van der Waals surface area contributed by atoms with Crippen LogP contribution in [0.2, 0.25) is 0 Å². The summed E-state index contributed by atoms with van der Waals surface area (Å²) in [6, 6.07) is 0. The maximum Gasteiger partial charge on any atom is 0.334 e. The van der Waals surface area contributed by atoms with Gasteiger partial charge >= 0.3 is 5.97 Å². The lowest BCUT2D eigenvalue weighted by Crippen LogP contribution is -2.36. The van der Waals surface area contributed by atoms with Crippen LogP contribution in [0, 0.1) is 17.8 Å². The van der Waals surface area contributed by atoms with E-state index in [0.29, 0.717) is 12.0 Å². The molecule has 1 aliphatic heterocycles. The highest BCUT2D eigenvalue weighted by atomic mass is 16.6. The number of ketones is 1. The standard InChI is InChI=1S/C13H16O4/c1-6-10-9(17-13(6)16)5-3-7-2-4-8(14)11(7)12(10)15/h7,9-12,15H,1-5H2. The Morgan fingerprint density at radius 2 is 1.94 bits per heavy atom. The van der Waals surface area contributed by atoms with Crippen molar-refractivity contribution in [3.63, 3.8) is 0 Å². The predicted molar refractivity (Wildman–Crippen MR) is 59.0 cm³/mol. The first-order valence-electron chi connectivity index (χ1n) is 6.20. The topological polar surface area (TPSA) is 63.6 Å². The molecular weight excluding hydrogens is 220 g/mol. The number of rotatable bonds is 0. The van der Waals surface area contributed by atoms with Crippen molar-refractivity contribution in [3.05, 3.63) is 12.2 Å². The van der Waals surface area contributed by atoms with Crippen LogP contribution >= 0.6 is 0 Å². The number of Topliss-reactive ketones (excluding diaryl/α,β-unsaturated/α-hetero) is 1. The minimum atomic E-state index is -0.790. The van der Waals surface area contributed by atoms with Crippen molar-refractivity contribution in [1.29, 1.82) is 0 Å². The van der Waals surface area contributed by atoms with E-state index >= 15 is 0 Å². The molecule has 2 saturated carbocycles. The highest BCUT2D eigenvalue weighted by molar-refractivity contribution is 5.91. The Balaban J connectivity index is 1.94. The Labute approximate surface area is 99.6 Å². The van der Waals surface area contributed by atoms with Crippen molar-refractivity contribution in [2.24, 2.45) is 17.8 Å². The summed E-state index contributed by atoms with van der Waals surface area (Å²) in [6.45, 7) is 3.71. The molecule has 92 valence electrons. The molecule has 0 aromatic rings. The quantitative estimate of drug-likeness (QED) is 0.500. The normalized spacial score (nSPS) is 45.2. The molecule has 1 N–H and O–H groups in total. The lowest BCUT2D eigenvalue weighted by Gasteiger charge is -2.25. The molecule has 0 radical (unpaired) electrons. The lowest BCUT2D eigenvalue weighted by molar-refractivity contribution is -0.139. The molecule has 5 atom stereocenters. The van der Waals surface area contributed by atoms with E-state index in [-0.39, 0.29) is 29.6 Å². The summed E-state index contributed by atoms with van der Waals surface area (Å²) in [5, 5.41) is 10.4. The van der Waals surface area contributed by atoms with Gasteiger partial charge in [-0.3, -0.25) is 4.79 Å². The maximum atomic E-state index is 11.8. The highest BCUT2D eigenvalue weighted by Gasteiger charge is 2.52. The van der Waals surface area contributed by atoms with E-state index in [2.05, 4.69) is 6.58 Å². The van der Waals surface area contributed by atoms with E-state index in [9.17, 15) is 14.7 Å². The summed E-state index contributed by atoms with van der Waals surface area (Å²) in [5.74, 6) is -0.705. The second-order valence-corrected chi connectivity index (χ2v) is 5.35. The molecule has 4 heteroatoms. The number of hydrogen-bond donors (Lipinski definition) is 1. The second-order valence-electron chi connectivity index (χ2n) is 5.35. The first kappa shape index (κ1) is 11.0. The predicted octanol–water partition coefficient (Wildman–Crippen LogP) is 0.834. The fourth-order valence-corrected chi connectivity index (χ4v) is 3.64. The van der Waals surface area contributed by atoms with Gasteiger partial charge < -0.3 is 9.84 Å². The van der Waals surface area contributed by atoms with E-state index in [1.807, 2.05) is 0 Å². The fraction of sp³-hybridized carbons (Fsp3) is 0.692. The van der Waals surface area contributed by atoms with Crippen LogP contribution in [0.25, 0.3) is 0 Å². The molecule has 3 aliphatic rings. The van der Waals surface area contributed by atoms with Crippen LogP contribution in [0.5, 0.6) is 0 Å². The number of esters is 1. The van der Waals surface area contributed by atoms with Gasteiger partial charge in [-0.2, -0.15) is 0 Å². The number of hydrogen-bond acceptors (Lipinski definition) is 4.